The minimum absolute atomic E-state index is 0.170. The third-order valence-corrected chi connectivity index (χ3v) is 6.12. The molecular weight excluding hydrogens is 370 g/mol. The van der Waals surface area contributed by atoms with E-state index in [0.29, 0.717) is 22.9 Å². The molecule has 0 saturated heterocycles. The van der Waals surface area contributed by atoms with Crippen molar-refractivity contribution in [1.29, 1.82) is 10.5 Å². The molecule has 0 bridgehead atoms. The van der Waals surface area contributed by atoms with Crippen LogP contribution in [-0.4, -0.2) is 9.55 Å². The van der Waals surface area contributed by atoms with Crippen molar-refractivity contribution in [3.05, 3.63) is 64.0 Å². The normalized spacial score (nSPS) is 15.3. The van der Waals surface area contributed by atoms with Crippen molar-refractivity contribution in [2.75, 3.05) is 5.73 Å². The van der Waals surface area contributed by atoms with E-state index in [1.165, 1.54) is 5.52 Å². The van der Waals surface area contributed by atoms with Gasteiger partial charge in [0.05, 0.1) is 16.8 Å². The smallest absolute Gasteiger partial charge is 0.142 e. The number of pyridine rings is 1. The van der Waals surface area contributed by atoms with Gasteiger partial charge in [-0.25, -0.2) is 4.98 Å². The number of rotatable bonds is 3. The third kappa shape index (κ3) is 2.71. The van der Waals surface area contributed by atoms with Crippen LogP contribution < -0.4 is 5.73 Å². The zero-order chi connectivity index (χ0) is 21.6. The SMILES string of the molecule is CC[C@H](C)n1cc(/C=C2\C(C)=C(C#N)c3nc(N)c(C#N)c(C)c32)c2ccccc21. The molecule has 4 rings (SSSR count). The molecule has 2 heterocycles. The maximum atomic E-state index is 9.77. The largest absolute Gasteiger partial charge is 0.383 e. The molecule has 0 radical (unpaired) electrons. The Morgan fingerprint density at radius 2 is 1.93 bits per heavy atom. The Hall–Kier alpha value is -3.83. The Morgan fingerprint density at radius 3 is 2.60 bits per heavy atom. The van der Waals surface area contributed by atoms with Crippen molar-refractivity contribution in [3.63, 3.8) is 0 Å². The van der Waals surface area contributed by atoms with E-state index in [4.69, 9.17) is 5.73 Å². The van der Waals surface area contributed by atoms with E-state index in [1.807, 2.05) is 19.9 Å². The van der Waals surface area contributed by atoms with Crippen molar-refractivity contribution in [2.45, 2.75) is 40.2 Å². The molecule has 0 fully saturated rings. The van der Waals surface area contributed by atoms with Gasteiger partial charge in [0, 0.05) is 34.3 Å². The van der Waals surface area contributed by atoms with Crippen LogP contribution in [-0.2, 0) is 0 Å². The van der Waals surface area contributed by atoms with Gasteiger partial charge in [-0.15, -0.1) is 0 Å². The second-order valence-electron chi connectivity index (χ2n) is 7.77. The zero-order valence-corrected chi connectivity index (χ0v) is 17.6. The number of hydrogen-bond donors (Lipinski definition) is 1. The van der Waals surface area contributed by atoms with Gasteiger partial charge in [0.15, 0.2) is 0 Å². The van der Waals surface area contributed by atoms with Crippen molar-refractivity contribution in [3.8, 4) is 12.1 Å². The maximum absolute atomic E-state index is 9.77. The lowest BCUT2D eigenvalue weighted by molar-refractivity contribution is 0.548. The standard InChI is InChI=1S/C25H23N5/c1-5-14(2)30-13-17(18-8-6-7-9-22(18)30)10-19-15(3)20(11-26)24-23(19)16(4)21(12-27)25(28)29-24/h6-10,13-14H,5H2,1-4H3,(H2,28,29)/b19-10+/t14-/m0/s1. The predicted octanol–water partition coefficient (Wildman–Crippen LogP) is 5.62. The number of allylic oxidation sites excluding steroid dienone is 3. The lowest BCUT2D eigenvalue weighted by atomic mass is 9.95. The molecular formula is C25H23N5. The summed E-state index contributed by atoms with van der Waals surface area (Å²) >= 11 is 0. The fraction of sp³-hybridized carbons (Fsp3) is 0.240. The average molecular weight is 393 g/mol. The van der Waals surface area contributed by atoms with Gasteiger partial charge in [-0.2, -0.15) is 10.5 Å². The fourth-order valence-corrected chi connectivity index (χ4v) is 4.26. The highest BCUT2D eigenvalue weighted by Crippen LogP contribution is 2.44. The van der Waals surface area contributed by atoms with Gasteiger partial charge in [0.25, 0.3) is 0 Å². The lowest BCUT2D eigenvalue weighted by Crippen LogP contribution is -2.03. The topological polar surface area (TPSA) is 91.4 Å². The molecule has 1 atom stereocenters. The summed E-state index contributed by atoms with van der Waals surface area (Å²) < 4.78 is 2.30. The molecule has 2 aromatic heterocycles. The van der Waals surface area contributed by atoms with Crippen molar-refractivity contribution in [1.82, 2.24) is 9.55 Å². The average Bonchev–Trinajstić information content (AvgIpc) is 3.23. The first-order valence-corrected chi connectivity index (χ1v) is 10.1. The first-order chi connectivity index (χ1) is 14.4. The number of para-hydroxylation sites is 1. The van der Waals surface area contributed by atoms with Gasteiger partial charge < -0.3 is 10.3 Å². The number of nitrogens with two attached hydrogens (primary N) is 1. The minimum Gasteiger partial charge on any atom is -0.383 e. The first-order valence-electron chi connectivity index (χ1n) is 10.1. The van der Waals surface area contributed by atoms with E-state index in [-0.39, 0.29) is 5.82 Å². The second kappa shape index (κ2) is 7.21. The van der Waals surface area contributed by atoms with Crippen LogP contribution in [0.4, 0.5) is 5.82 Å². The highest BCUT2D eigenvalue weighted by Gasteiger charge is 2.30. The summed E-state index contributed by atoms with van der Waals surface area (Å²) in [6, 6.07) is 13.2. The molecule has 148 valence electrons. The molecule has 0 amide bonds. The van der Waals surface area contributed by atoms with E-state index in [1.54, 1.807) is 0 Å². The van der Waals surface area contributed by atoms with E-state index < -0.39 is 0 Å². The monoisotopic (exact) mass is 393 g/mol. The lowest BCUT2D eigenvalue weighted by Gasteiger charge is -2.12. The third-order valence-electron chi connectivity index (χ3n) is 6.12. The Kier molecular flexibility index (Phi) is 4.68. The highest BCUT2D eigenvalue weighted by molar-refractivity contribution is 6.10. The molecule has 2 N–H and O–H groups in total. The molecule has 5 heteroatoms. The van der Waals surface area contributed by atoms with Crippen molar-refractivity contribution < 1.29 is 0 Å². The number of nitrogen functional groups attached to an aromatic ring is 1. The zero-order valence-electron chi connectivity index (χ0n) is 17.6. The number of aromatic nitrogens is 2. The van der Waals surface area contributed by atoms with Gasteiger partial charge in [-0.05, 0) is 56.0 Å². The summed E-state index contributed by atoms with van der Waals surface area (Å²) in [6.07, 6.45) is 5.32. The van der Waals surface area contributed by atoms with Crippen LogP contribution in [0.5, 0.6) is 0 Å². The Morgan fingerprint density at radius 1 is 1.20 bits per heavy atom. The highest BCUT2D eigenvalue weighted by atomic mass is 15.0. The molecule has 0 unspecified atom stereocenters. The summed E-state index contributed by atoms with van der Waals surface area (Å²) in [5.41, 5.74) is 13.1. The molecule has 0 aliphatic heterocycles. The number of anilines is 1. The Labute approximate surface area is 176 Å². The second-order valence-corrected chi connectivity index (χ2v) is 7.77. The van der Waals surface area contributed by atoms with Gasteiger partial charge >= 0.3 is 0 Å². The number of fused-ring (bicyclic) bond motifs is 2. The Balaban J connectivity index is 2.03. The summed E-state index contributed by atoms with van der Waals surface area (Å²) in [5.74, 6) is 0.170. The van der Waals surface area contributed by atoms with Crippen molar-refractivity contribution >= 4 is 33.9 Å². The van der Waals surface area contributed by atoms with Crippen LogP contribution in [0.3, 0.4) is 0 Å². The van der Waals surface area contributed by atoms with E-state index in [2.05, 4.69) is 66.0 Å². The predicted molar refractivity (Wildman–Crippen MR) is 121 cm³/mol. The van der Waals surface area contributed by atoms with E-state index in [0.717, 1.165) is 39.6 Å². The van der Waals surface area contributed by atoms with Gasteiger partial charge in [-0.3, -0.25) is 0 Å². The minimum atomic E-state index is 0.170. The van der Waals surface area contributed by atoms with Gasteiger partial charge in [-0.1, -0.05) is 25.1 Å². The first kappa shape index (κ1) is 19.5. The van der Waals surface area contributed by atoms with Crippen LogP contribution in [0.15, 0.2) is 36.0 Å². The summed E-state index contributed by atoms with van der Waals surface area (Å²) in [5, 5.41) is 20.5. The van der Waals surface area contributed by atoms with Crippen LogP contribution in [0, 0.1) is 29.6 Å². The fourth-order valence-electron chi connectivity index (χ4n) is 4.26. The van der Waals surface area contributed by atoms with E-state index >= 15 is 0 Å². The van der Waals surface area contributed by atoms with Crippen LogP contribution >= 0.6 is 0 Å². The number of nitriles is 2. The van der Waals surface area contributed by atoms with Crippen molar-refractivity contribution in [2.24, 2.45) is 0 Å². The molecule has 0 saturated carbocycles. The quantitative estimate of drug-likeness (QED) is 0.625. The molecule has 1 aliphatic carbocycles. The summed E-state index contributed by atoms with van der Waals surface area (Å²) in [6.45, 7) is 8.20. The summed E-state index contributed by atoms with van der Waals surface area (Å²) in [7, 11) is 0. The number of hydrogen-bond acceptors (Lipinski definition) is 4. The molecule has 1 aromatic carbocycles. The van der Waals surface area contributed by atoms with Gasteiger partial charge in [0.2, 0.25) is 0 Å². The van der Waals surface area contributed by atoms with Crippen LogP contribution in [0.1, 0.15) is 61.2 Å². The number of benzene rings is 1. The Bertz CT molecular complexity index is 1340. The molecule has 0 spiro atoms. The summed E-state index contributed by atoms with van der Waals surface area (Å²) in [4.78, 5) is 4.42. The molecule has 1 aliphatic rings. The van der Waals surface area contributed by atoms with Gasteiger partial charge in [0.1, 0.15) is 18.0 Å². The van der Waals surface area contributed by atoms with Crippen LogP contribution in [0.2, 0.25) is 0 Å². The molecule has 3 aromatic rings. The number of nitrogens with zero attached hydrogens (tertiary/aromatic N) is 4. The van der Waals surface area contributed by atoms with Crippen LogP contribution in [0.25, 0.3) is 28.1 Å². The van der Waals surface area contributed by atoms with E-state index in [9.17, 15) is 10.5 Å². The molecule has 30 heavy (non-hydrogen) atoms. The maximum Gasteiger partial charge on any atom is 0.142 e. The molecule has 5 nitrogen and oxygen atoms in total.